The summed E-state index contributed by atoms with van der Waals surface area (Å²) in [6.45, 7) is 1.58. The standard InChI is InChI=1S/C12H10FNO3/c1-7-14-10(12(15)17-7)6-8-3-4-11(16-2)9(13)5-8/h3-6H,1-2H3/b10-6-. The van der Waals surface area contributed by atoms with E-state index in [0.717, 1.165) is 0 Å². The van der Waals surface area contributed by atoms with E-state index in [1.165, 1.54) is 25.3 Å². The first-order valence-corrected chi connectivity index (χ1v) is 4.93. The first-order valence-electron chi connectivity index (χ1n) is 4.93. The van der Waals surface area contributed by atoms with Crippen molar-refractivity contribution in [2.45, 2.75) is 6.92 Å². The minimum absolute atomic E-state index is 0.154. The highest BCUT2D eigenvalue weighted by Gasteiger charge is 2.19. The van der Waals surface area contributed by atoms with Gasteiger partial charge in [0, 0.05) is 6.92 Å². The molecule has 0 spiro atoms. The monoisotopic (exact) mass is 235 g/mol. The molecule has 0 radical (unpaired) electrons. The van der Waals surface area contributed by atoms with Crippen LogP contribution in [0.25, 0.3) is 6.08 Å². The lowest BCUT2D eigenvalue weighted by atomic mass is 10.2. The minimum atomic E-state index is -0.529. The number of rotatable bonds is 2. The van der Waals surface area contributed by atoms with Gasteiger partial charge in [0.15, 0.2) is 23.2 Å². The average molecular weight is 235 g/mol. The number of methoxy groups -OCH3 is 1. The van der Waals surface area contributed by atoms with E-state index in [9.17, 15) is 9.18 Å². The number of benzene rings is 1. The second-order valence-electron chi connectivity index (χ2n) is 3.44. The van der Waals surface area contributed by atoms with Crippen LogP contribution in [0.1, 0.15) is 12.5 Å². The number of halogens is 1. The van der Waals surface area contributed by atoms with Gasteiger partial charge in [0.1, 0.15) is 0 Å². The molecule has 17 heavy (non-hydrogen) atoms. The number of hydrogen-bond donors (Lipinski definition) is 0. The van der Waals surface area contributed by atoms with Crippen LogP contribution in [0.5, 0.6) is 5.75 Å². The number of hydrogen-bond acceptors (Lipinski definition) is 4. The van der Waals surface area contributed by atoms with Crippen molar-refractivity contribution in [3.63, 3.8) is 0 Å². The molecule has 0 bridgehead atoms. The Balaban J connectivity index is 2.33. The van der Waals surface area contributed by atoms with Crippen molar-refractivity contribution < 1.29 is 18.7 Å². The van der Waals surface area contributed by atoms with Gasteiger partial charge in [-0.2, -0.15) is 0 Å². The number of nitrogens with zero attached hydrogens (tertiary/aromatic N) is 1. The molecule has 1 aromatic rings. The van der Waals surface area contributed by atoms with Gasteiger partial charge >= 0.3 is 5.97 Å². The summed E-state index contributed by atoms with van der Waals surface area (Å²) >= 11 is 0. The molecule has 0 saturated heterocycles. The summed E-state index contributed by atoms with van der Waals surface area (Å²) < 4.78 is 22.9. The van der Waals surface area contributed by atoms with Crippen molar-refractivity contribution in [2.24, 2.45) is 4.99 Å². The van der Waals surface area contributed by atoms with Gasteiger partial charge < -0.3 is 9.47 Å². The van der Waals surface area contributed by atoms with Gasteiger partial charge in [-0.25, -0.2) is 14.2 Å². The maximum absolute atomic E-state index is 13.4. The number of ether oxygens (including phenoxy) is 2. The van der Waals surface area contributed by atoms with Gasteiger partial charge in [0.2, 0.25) is 0 Å². The van der Waals surface area contributed by atoms with Crippen molar-refractivity contribution in [2.75, 3.05) is 7.11 Å². The molecule has 5 heteroatoms. The molecule has 0 atom stereocenters. The largest absolute Gasteiger partial charge is 0.494 e. The molecule has 1 aromatic carbocycles. The molecule has 88 valence electrons. The zero-order valence-corrected chi connectivity index (χ0v) is 9.36. The first kappa shape index (κ1) is 11.3. The Labute approximate surface area is 97.4 Å². The average Bonchev–Trinajstić information content (AvgIpc) is 2.58. The Bertz CT molecular complexity index is 535. The van der Waals surface area contributed by atoms with Crippen LogP contribution in [0.3, 0.4) is 0 Å². The molecule has 0 N–H and O–H groups in total. The fourth-order valence-electron chi connectivity index (χ4n) is 1.45. The van der Waals surface area contributed by atoms with Crippen LogP contribution in [0, 0.1) is 5.82 Å². The summed E-state index contributed by atoms with van der Waals surface area (Å²) in [6, 6.07) is 4.38. The van der Waals surface area contributed by atoms with E-state index in [0.29, 0.717) is 5.56 Å². The topological polar surface area (TPSA) is 47.9 Å². The first-order chi connectivity index (χ1) is 8.10. The second kappa shape index (κ2) is 4.37. The minimum Gasteiger partial charge on any atom is -0.494 e. The summed E-state index contributed by atoms with van der Waals surface area (Å²) in [6.07, 6.45) is 1.46. The van der Waals surface area contributed by atoms with E-state index in [1.807, 2.05) is 0 Å². The summed E-state index contributed by atoms with van der Waals surface area (Å²) in [5.74, 6) is -0.580. The molecule has 0 aliphatic carbocycles. The summed E-state index contributed by atoms with van der Waals surface area (Å²) in [5, 5.41) is 0. The van der Waals surface area contributed by atoms with Gasteiger partial charge in [-0.3, -0.25) is 0 Å². The van der Waals surface area contributed by atoms with Gasteiger partial charge in [0.25, 0.3) is 0 Å². The Morgan fingerprint density at radius 2 is 2.24 bits per heavy atom. The lowest BCUT2D eigenvalue weighted by Gasteiger charge is -2.01. The van der Waals surface area contributed by atoms with Crippen molar-refractivity contribution in [3.05, 3.63) is 35.3 Å². The van der Waals surface area contributed by atoms with Gasteiger partial charge in [-0.05, 0) is 23.8 Å². The lowest BCUT2D eigenvalue weighted by molar-refractivity contribution is -0.130. The number of carbonyl (C=O) groups excluding carboxylic acids is 1. The van der Waals surface area contributed by atoms with E-state index < -0.39 is 11.8 Å². The van der Waals surface area contributed by atoms with Crippen molar-refractivity contribution in [3.8, 4) is 5.75 Å². The third-order valence-electron chi connectivity index (χ3n) is 2.21. The quantitative estimate of drug-likeness (QED) is 0.583. The van der Waals surface area contributed by atoms with Crippen LogP contribution >= 0.6 is 0 Å². The third kappa shape index (κ3) is 2.33. The molecular formula is C12H10FNO3. The fraction of sp³-hybridized carbons (Fsp3) is 0.167. The SMILES string of the molecule is COc1ccc(/C=C2\N=C(C)OC2=O)cc1F. The van der Waals surface area contributed by atoms with E-state index in [-0.39, 0.29) is 17.3 Å². The lowest BCUT2D eigenvalue weighted by Crippen LogP contribution is -1.99. The number of cyclic esters (lactones) is 1. The van der Waals surface area contributed by atoms with Crippen LogP contribution in [0.2, 0.25) is 0 Å². The van der Waals surface area contributed by atoms with Gasteiger partial charge in [-0.1, -0.05) is 6.07 Å². The van der Waals surface area contributed by atoms with Crippen LogP contribution in [-0.4, -0.2) is 19.0 Å². The molecule has 0 aromatic heterocycles. The smallest absolute Gasteiger partial charge is 0.363 e. The van der Waals surface area contributed by atoms with Gasteiger partial charge in [-0.15, -0.1) is 0 Å². The van der Waals surface area contributed by atoms with E-state index in [4.69, 9.17) is 9.47 Å². The fourth-order valence-corrected chi connectivity index (χ4v) is 1.45. The summed E-state index contributed by atoms with van der Waals surface area (Å²) in [7, 11) is 1.39. The zero-order valence-electron chi connectivity index (χ0n) is 9.36. The highest BCUT2D eigenvalue weighted by molar-refractivity contribution is 6.06. The molecule has 1 aliphatic rings. The van der Waals surface area contributed by atoms with Crippen LogP contribution in [0.15, 0.2) is 28.9 Å². The maximum atomic E-state index is 13.4. The molecular weight excluding hydrogens is 225 g/mol. The molecule has 2 rings (SSSR count). The zero-order chi connectivity index (χ0) is 12.4. The van der Waals surface area contributed by atoms with Crippen molar-refractivity contribution in [1.29, 1.82) is 0 Å². The second-order valence-corrected chi connectivity index (χ2v) is 3.44. The highest BCUT2D eigenvalue weighted by atomic mass is 19.1. The van der Waals surface area contributed by atoms with E-state index >= 15 is 0 Å². The van der Waals surface area contributed by atoms with E-state index in [2.05, 4.69) is 4.99 Å². The third-order valence-corrected chi connectivity index (χ3v) is 2.21. The Kier molecular flexibility index (Phi) is 2.91. The number of esters is 1. The Morgan fingerprint density at radius 3 is 2.76 bits per heavy atom. The van der Waals surface area contributed by atoms with Crippen LogP contribution in [-0.2, 0) is 9.53 Å². The number of carbonyl (C=O) groups is 1. The van der Waals surface area contributed by atoms with Gasteiger partial charge in [0.05, 0.1) is 7.11 Å². The molecule has 0 unspecified atom stereocenters. The molecule has 0 amide bonds. The normalized spacial score (nSPS) is 17.0. The molecule has 0 saturated carbocycles. The van der Waals surface area contributed by atoms with E-state index in [1.54, 1.807) is 13.0 Å². The Morgan fingerprint density at radius 1 is 1.47 bits per heavy atom. The molecule has 1 heterocycles. The Hall–Kier alpha value is -2.17. The maximum Gasteiger partial charge on any atom is 0.363 e. The van der Waals surface area contributed by atoms with Crippen LogP contribution < -0.4 is 4.74 Å². The summed E-state index contributed by atoms with van der Waals surface area (Å²) in [5.41, 5.74) is 0.681. The summed E-state index contributed by atoms with van der Waals surface area (Å²) in [4.78, 5) is 15.2. The highest BCUT2D eigenvalue weighted by Crippen LogP contribution is 2.21. The molecule has 4 nitrogen and oxygen atoms in total. The van der Waals surface area contributed by atoms with Crippen LogP contribution in [0.4, 0.5) is 4.39 Å². The number of aliphatic imine (C=N–C) groups is 1. The van der Waals surface area contributed by atoms with Crippen molar-refractivity contribution >= 4 is 17.9 Å². The predicted molar refractivity (Wildman–Crippen MR) is 60.1 cm³/mol. The van der Waals surface area contributed by atoms with Crippen molar-refractivity contribution in [1.82, 2.24) is 0 Å². The predicted octanol–water partition coefficient (Wildman–Crippen LogP) is 2.15. The molecule has 1 aliphatic heterocycles. The molecule has 0 fully saturated rings.